The zero-order chi connectivity index (χ0) is 13.6. The van der Waals surface area contributed by atoms with Crippen molar-refractivity contribution in [3.05, 3.63) is 23.3 Å². The first-order valence-corrected chi connectivity index (χ1v) is 6.79. The predicted octanol–water partition coefficient (Wildman–Crippen LogP) is 2.44. The largest absolute Gasteiger partial charge is 0.493 e. The van der Waals surface area contributed by atoms with Crippen LogP contribution in [0.2, 0.25) is 0 Å². The van der Waals surface area contributed by atoms with Crippen molar-refractivity contribution in [3.63, 3.8) is 0 Å². The van der Waals surface area contributed by atoms with E-state index in [1.165, 1.54) is 11.1 Å². The minimum absolute atomic E-state index is 0.111. The summed E-state index contributed by atoms with van der Waals surface area (Å²) in [5.74, 6) is 2.10. The van der Waals surface area contributed by atoms with Crippen molar-refractivity contribution in [1.29, 1.82) is 0 Å². The van der Waals surface area contributed by atoms with Gasteiger partial charge in [-0.2, -0.15) is 0 Å². The van der Waals surface area contributed by atoms with Gasteiger partial charge in [0.05, 0.1) is 33.0 Å². The third kappa shape index (κ3) is 1.90. The first kappa shape index (κ1) is 12.8. The highest BCUT2D eigenvalue weighted by molar-refractivity contribution is 5.51. The van der Waals surface area contributed by atoms with Crippen LogP contribution in [0.3, 0.4) is 0 Å². The lowest BCUT2D eigenvalue weighted by Crippen LogP contribution is -2.52. The molecule has 4 rings (SSSR count). The predicted molar refractivity (Wildman–Crippen MR) is 72.7 cm³/mol. The molecular weight excluding hydrogens is 242 g/mol. The van der Waals surface area contributed by atoms with Crippen LogP contribution >= 0.6 is 0 Å². The van der Waals surface area contributed by atoms with E-state index in [4.69, 9.17) is 14.2 Å². The van der Waals surface area contributed by atoms with Gasteiger partial charge in [-0.05, 0) is 29.2 Å². The summed E-state index contributed by atoms with van der Waals surface area (Å²) in [4.78, 5) is 0. The van der Waals surface area contributed by atoms with Crippen molar-refractivity contribution in [1.82, 2.24) is 5.32 Å². The monoisotopic (exact) mass is 263 g/mol. The maximum atomic E-state index is 5.99. The summed E-state index contributed by atoms with van der Waals surface area (Å²) in [5.41, 5.74) is 2.53. The highest BCUT2D eigenvalue weighted by Gasteiger charge is 2.42. The molecule has 104 valence electrons. The number of nitrogens with one attached hydrogen (secondary N) is 1. The molecule has 0 saturated carbocycles. The Bertz CT molecular complexity index is 487. The Kier molecular flexibility index (Phi) is 3.15. The zero-order valence-electron chi connectivity index (χ0n) is 11.9. The van der Waals surface area contributed by atoms with Gasteiger partial charge in [-0.25, -0.2) is 0 Å². The number of benzene rings is 1. The summed E-state index contributed by atoms with van der Waals surface area (Å²) in [6.07, 6.45) is 0.111. The van der Waals surface area contributed by atoms with E-state index in [2.05, 4.69) is 31.3 Å². The van der Waals surface area contributed by atoms with Gasteiger partial charge in [0.25, 0.3) is 0 Å². The van der Waals surface area contributed by atoms with Crippen LogP contribution in [-0.2, 0) is 4.74 Å². The van der Waals surface area contributed by atoms with Crippen molar-refractivity contribution in [2.24, 2.45) is 5.92 Å². The number of morpholine rings is 1. The van der Waals surface area contributed by atoms with Crippen LogP contribution in [0.1, 0.15) is 37.1 Å². The van der Waals surface area contributed by atoms with E-state index < -0.39 is 0 Å². The molecule has 3 aliphatic rings. The van der Waals surface area contributed by atoms with Crippen molar-refractivity contribution in [2.75, 3.05) is 20.8 Å². The molecule has 1 N–H and O–H groups in total. The Morgan fingerprint density at radius 2 is 1.79 bits per heavy atom. The molecule has 0 radical (unpaired) electrons. The van der Waals surface area contributed by atoms with Crippen molar-refractivity contribution < 1.29 is 14.2 Å². The van der Waals surface area contributed by atoms with Crippen LogP contribution in [-0.4, -0.2) is 26.9 Å². The summed E-state index contributed by atoms with van der Waals surface area (Å²) >= 11 is 0. The molecule has 0 spiro atoms. The topological polar surface area (TPSA) is 39.7 Å². The number of hydrogen-bond acceptors (Lipinski definition) is 4. The standard InChI is InChI=1S/C15H21NO3/c1-8(2)14-15-10-6-13(18-4)12(17-3)5-9(10)11(16-14)7-19-15/h5-6,8,11,14-16H,7H2,1-4H3/t11-,14-,15+/m0/s1. The van der Waals surface area contributed by atoms with Crippen LogP contribution in [0.15, 0.2) is 12.1 Å². The van der Waals surface area contributed by atoms with Gasteiger partial charge in [-0.15, -0.1) is 0 Å². The second kappa shape index (κ2) is 4.69. The number of ether oxygens (including phenoxy) is 3. The summed E-state index contributed by atoms with van der Waals surface area (Å²) in [6.45, 7) is 5.18. The molecule has 2 bridgehead atoms. The minimum atomic E-state index is 0.111. The first-order chi connectivity index (χ1) is 9.15. The summed E-state index contributed by atoms with van der Waals surface area (Å²) in [5, 5.41) is 3.68. The third-order valence-corrected chi connectivity index (χ3v) is 4.15. The van der Waals surface area contributed by atoms with E-state index in [0.717, 1.165) is 18.1 Å². The van der Waals surface area contributed by atoms with Gasteiger partial charge < -0.3 is 19.5 Å². The summed E-state index contributed by atoms with van der Waals surface area (Å²) < 4.78 is 16.8. The molecule has 0 amide bonds. The molecule has 4 nitrogen and oxygen atoms in total. The normalized spacial score (nSPS) is 28.4. The molecule has 4 heteroatoms. The number of hydrogen-bond donors (Lipinski definition) is 1. The van der Waals surface area contributed by atoms with Gasteiger partial charge in [0.2, 0.25) is 0 Å². The molecule has 3 atom stereocenters. The van der Waals surface area contributed by atoms with Crippen LogP contribution in [0.25, 0.3) is 0 Å². The Morgan fingerprint density at radius 3 is 2.37 bits per heavy atom. The average Bonchev–Trinajstić information content (AvgIpc) is 2.46. The van der Waals surface area contributed by atoms with Gasteiger partial charge >= 0.3 is 0 Å². The minimum Gasteiger partial charge on any atom is -0.493 e. The number of methoxy groups -OCH3 is 2. The SMILES string of the molecule is COc1cc2c(cc1OC)[C@H]1OC[C@@H]2N[C@H]1C(C)C. The van der Waals surface area contributed by atoms with Gasteiger partial charge in [0, 0.05) is 6.04 Å². The maximum absolute atomic E-state index is 5.99. The molecule has 0 aromatic heterocycles. The van der Waals surface area contributed by atoms with E-state index in [0.29, 0.717) is 12.0 Å². The smallest absolute Gasteiger partial charge is 0.161 e. The van der Waals surface area contributed by atoms with Gasteiger partial charge in [0.15, 0.2) is 11.5 Å². The average molecular weight is 263 g/mol. The third-order valence-electron chi connectivity index (χ3n) is 4.15. The highest BCUT2D eigenvalue weighted by atomic mass is 16.5. The fourth-order valence-electron chi connectivity index (χ4n) is 3.13. The van der Waals surface area contributed by atoms with Crippen molar-refractivity contribution in [3.8, 4) is 11.5 Å². The Hall–Kier alpha value is -1.26. The van der Waals surface area contributed by atoms with Crippen molar-refractivity contribution in [2.45, 2.75) is 32.0 Å². The van der Waals surface area contributed by atoms with E-state index in [9.17, 15) is 0 Å². The lowest BCUT2D eigenvalue weighted by atomic mass is 9.81. The highest BCUT2D eigenvalue weighted by Crippen LogP contribution is 2.46. The summed E-state index contributed by atoms with van der Waals surface area (Å²) in [6, 6.07) is 4.77. The second-order valence-electron chi connectivity index (χ2n) is 5.58. The fraction of sp³-hybridized carbons (Fsp3) is 0.600. The zero-order valence-corrected chi connectivity index (χ0v) is 11.9. The lowest BCUT2D eigenvalue weighted by molar-refractivity contribution is -0.0590. The number of fused-ring (bicyclic) bond motifs is 2. The molecule has 1 fully saturated rings. The number of rotatable bonds is 3. The Morgan fingerprint density at radius 1 is 1.16 bits per heavy atom. The van der Waals surface area contributed by atoms with E-state index >= 15 is 0 Å². The summed E-state index contributed by atoms with van der Waals surface area (Å²) in [7, 11) is 3.34. The molecule has 3 heterocycles. The quantitative estimate of drug-likeness (QED) is 0.909. The first-order valence-electron chi connectivity index (χ1n) is 6.79. The van der Waals surface area contributed by atoms with Crippen LogP contribution in [0, 0.1) is 5.92 Å². The molecule has 1 saturated heterocycles. The molecule has 1 aromatic carbocycles. The van der Waals surface area contributed by atoms with Gasteiger partial charge in [0.1, 0.15) is 0 Å². The molecule has 19 heavy (non-hydrogen) atoms. The maximum Gasteiger partial charge on any atom is 0.161 e. The Balaban J connectivity index is 2.08. The van der Waals surface area contributed by atoms with E-state index in [-0.39, 0.29) is 12.1 Å². The van der Waals surface area contributed by atoms with E-state index in [1.54, 1.807) is 14.2 Å². The molecule has 3 aliphatic heterocycles. The van der Waals surface area contributed by atoms with Crippen molar-refractivity contribution >= 4 is 0 Å². The molecule has 1 aromatic rings. The van der Waals surface area contributed by atoms with E-state index in [1.807, 2.05) is 0 Å². The molecule has 0 aliphatic carbocycles. The lowest BCUT2D eigenvalue weighted by Gasteiger charge is -2.46. The van der Waals surface area contributed by atoms with Crippen LogP contribution < -0.4 is 14.8 Å². The van der Waals surface area contributed by atoms with Gasteiger partial charge in [-0.3, -0.25) is 0 Å². The van der Waals surface area contributed by atoms with Gasteiger partial charge in [-0.1, -0.05) is 13.8 Å². The second-order valence-corrected chi connectivity index (χ2v) is 5.58. The van der Waals surface area contributed by atoms with Crippen LogP contribution in [0.5, 0.6) is 11.5 Å². The Labute approximate surface area is 114 Å². The molecule has 0 unspecified atom stereocenters. The van der Waals surface area contributed by atoms with Crippen LogP contribution in [0.4, 0.5) is 0 Å². The fourth-order valence-corrected chi connectivity index (χ4v) is 3.13. The molecular formula is C15H21NO3.